The number of nitrogens with zero attached hydrogens (tertiary/aromatic N) is 2. The molecular formula is C18H20N2O5. The van der Waals surface area contributed by atoms with Gasteiger partial charge in [0.1, 0.15) is 0 Å². The van der Waals surface area contributed by atoms with Crippen LogP contribution in [0.1, 0.15) is 39.5 Å². The van der Waals surface area contributed by atoms with Gasteiger partial charge in [-0.15, -0.1) is 0 Å². The molecule has 0 saturated heterocycles. The highest BCUT2D eigenvalue weighted by Gasteiger charge is 2.56. The van der Waals surface area contributed by atoms with E-state index in [2.05, 4.69) is 5.10 Å². The first-order valence-corrected chi connectivity index (χ1v) is 8.23. The van der Waals surface area contributed by atoms with Crippen molar-refractivity contribution >= 4 is 29.2 Å². The highest BCUT2D eigenvalue weighted by molar-refractivity contribution is 6.22. The summed E-state index contributed by atoms with van der Waals surface area (Å²) in [5, 5.41) is 14.9. The van der Waals surface area contributed by atoms with Gasteiger partial charge in [-0.05, 0) is 38.8 Å². The van der Waals surface area contributed by atoms with Gasteiger partial charge in [-0.3, -0.25) is 14.4 Å². The van der Waals surface area contributed by atoms with Gasteiger partial charge in [0.15, 0.2) is 5.41 Å². The zero-order valence-electron chi connectivity index (χ0n) is 14.2. The van der Waals surface area contributed by atoms with Gasteiger partial charge in [0.05, 0.1) is 11.4 Å². The molecule has 1 unspecified atom stereocenters. The number of aliphatic carboxylic acids is 1. The van der Waals surface area contributed by atoms with Gasteiger partial charge in [0.25, 0.3) is 5.91 Å². The Bertz CT molecular complexity index is 752. The number of para-hydroxylation sites is 1. The van der Waals surface area contributed by atoms with Gasteiger partial charge in [0.2, 0.25) is 5.60 Å². The quantitative estimate of drug-likeness (QED) is 0.668. The van der Waals surface area contributed by atoms with Crippen molar-refractivity contribution in [2.75, 3.05) is 5.01 Å². The average molecular weight is 344 g/mol. The number of hydrogen-bond donors (Lipinski definition) is 1. The summed E-state index contributed by atoms with van der Waals surface area (Å²) in [6.07, 6.45) is 1.75. The topological polar surface area (TPSA) is 96.3 Å². The van der Waals surface area contributed by atoms with Crippen molar-refractivity contribution in [2.24, 2.45) is 10.5 Å². The van der Waals surface area contributed by atoms with Crippen molar-refractivity contribution in [3.8, 4) is 0 Å². The lowest BCUT2D eigenvalue weighted by Crippen LogP contribution is -2.51. The number of ether oxygens (including phenoxy) is 1. The maximum absolute atomic E-state index is 12.8. The molecular weight excluding hydrogens is 324 g/mol. The van der Waals surface area contributed by atoms with Crippen molar-refractivity contribution in [1.29, 1.82) is 0 Å². The summed E-state index contributed by atoms with van der Waals surface area (Å²) < 4.78 is 5.48. The van der Waals surface area contributed by atoms with Crippen molar-refractivity contribution in [2.45, 2.75) is 45.1 Å². The molecule has 1 N–H and O–H groups in total. The van der Waals surface area contributed by atoms with Gasteiger partial charge in [-0.2, -0.15) is 10.1 Å². The van der Waals surface area contributed by atoms with Crippen LogP contribution in [0, 0.1) is 5.41 Å². The van der Waals surface area contributed by atoms with Crippen LogP contribution in [0.15, 0.2) is 35.4 Å². The third kappa shape index (κ3) is 2.59. The van der Waals surface area contributed by atoms with E-state index in [9.17, 15) is 19.5 Å². The maximum Gasteiger partial charge on any atom is 0.324 e. The van der Waals surface area contributed by atoms with Crippen LogP contribution in [0.3, 0.4) is 0 Å². The van der Waals surface area contributed by atoms with Crippen LogP contribution >= 0.6 is 0 Å². The fraction of sp³-hybridized carbons (Fsp3) is 0.444. The summed E-state index contributed by atoms with van der Waals surface area (Å²) in [7, 11) is 0. The summed E-state index contributed by atoms with van der Waals surface area (Å²) in [6, 6.07) is 8.80. The third-order valence-electron chi connectivity index (χ3n) is 5.10. The van der Waals surface area contributed by atoms with Crippen LogP contribution in [0.5, 0.6) is 0 Å². The number of esters is 1. The van der Waals surface area contributed by atoms with Gasteiger partial charge >= 0.3 is 11.9 Å². The van der Waals surface area contributed by atoms with Crippen LogP contribution in [-0.2, 0) is 19.1 Å². The predicted octanol–water partition coefficient (Wildman–Crippen LogP) is 2.36. The van der Waals surface area contributed by atoms with E-state index in [1.165, 1.54) is 11.9 Å². The van der Waals surface area contributed by atoms with Crippen molar-refractivity contribution in [3.05, 3.63) is 30.3 Å². The Labute approximate surface area is 145 Å². The molecule has 132 valence electrons. The number of carboxylic acids is 1. The normalized spacial score (nSPS) is 25.0. The number of amides is 1. The molecule has 0 radical (unpaired) electrons. The number of carboxylic acid groups (broad SMARTS) is 1. The Kier molecular flexibility index (Phi) is 4.10. The van der Waals surface area contributed by atoms with E-state index in [0.717, 1.165) is 0 Å². The SMILES string of the molecule is CC1=NN(c2ccccc2)C(=O)C1(C)OC(=O)C1(C(=O)O)CCCC1. The van der Waals surface area contributed by atoms with Crippen LogP contribution in [0.4, 0.5) is 5.69 Å². The van der Waals surface area contributed by atoms with Gasteiger partial charge < -0.3 is 9.84 Å². The van der Waals surface area contributed by atoms with E-state index in [0.29, 0.717) is 24.2 Å². The number of carbonyl (C=O) groups is 3. The first-order chi connectivity index (χ1) is 11.8. The number of benzene rings is 1. The smallest absolute Gasteiger partial charge is 0.324 e. The lowest BCUT2D eigenvalue weighted by atomic mass is 9.86. The minimum atomic E-state index is -1.60. The Morgan fingerprint density at radius 2 is 1.80 bits per heavy atom. The first-order valence-electron chi connectivity index (χ1n) is 8.23. The predicted molar refractivity (Wildman–Crippen MR) is 90.1 cm³/mol. The van der Waals surface area contributed by atoms with Crippen LogP contribution in [-0.4, -0.2) is 34.3 Å². The van der Waals surface area contributed by atoms with E-state index < -0.39 is 28.9 Å². The van der Waals surface area contributed by atoms with E-state index >= 15 is 0 Å². The summed E-state index contributed by atoms with van der Waals surface area (Å²) in [5.74, 6) is -2.57. The maximum atomic E-state index is 12.8. The van der Waals surface area contributed by atoms with Crippen LogP contribution in [0.2, 0.25) is 0 Å². The molecule has 1 atom stereocenters. The molecule has 1 fully saturated rings. The Hall–Kier alpha value is -2.70. The number of anilines is 1. The van der Waals surface area contributed by atoms with E-state index in [1.54, 1.807) is 31.2 Å². The van der Waals surface area contributed by atoms with Crippen molar-refractivity contribution in [1.82, 2.24) is 0 Å². The van der Waals surface area contributed by atoms with E-state index in [1.807, 2.05) is 6.07 Å². The summed E-state index contributed by atoms with van der Waals surface area (Å²) in [6.45, 7) is 3.05. The number of rotatable bonds is 4. The molecule has 1 aliphatic heterocycles. The molecule has 0 bridgehead atoms. The molecule has 1 aromatic carbocycles. The Morgan fingerprint density at radius 3 is 2.36 bits per heavy atom. The molecule has 1 aliphatic carbocycles. The fourth-order valence-corrected chi connectivity index (χ4v) is 3.28. The van der Waals surface area contributed by atoms with E-state index in [-0.39, 0.29) is 12.8 Å². The Morgan fingerprint density at radius 1 is 1.20 bits per heavy atom. The van der Waals surface area contributed by atoms with Crippen molar-refractivity contribution in [3.63, 3.8) is 0 Å². The highest BCUT2D eigenvalue weighted by Crippen LogP contribution is 2.41. The summed E-state index contributed by atoms with van der Waals surface area (Å²) >= 11 is 0. The molecule has 7 heteroatoms. The van der Waals surface area contributed by atoms with Gasteiger partial charge in [-0.25, -0.2) is 0 Å². The van der Waals surface area contributed by atoms with E-state index in [4.69, 9.17) is 4.74 Å². The second-order valence-electron chi connectivity index (χ2n) is 6.66. The lowest BCUT2D eigenvalue weighted by molar-refractivity contribution is -0.176. The molecule has 3 rings (SSSR count). The highest BCUT2D eigenvalue weighted by atomic mass is 16.6. The third-order valence-corrected chi connectivity index (χ3v) is 5.10. The molecule has 1 aromatic rings. The molecule has 25 heavy (non-hydrogen) atoms. The molecule has 2 aliphatic rings. The van der Waals surface area contributed by atoms with Crippen molar-refractivity contribution < 1.29 is 24.2 Å². The number of hydrazone groups is 1. The van der Waals surface area contributed by atoms with Crippen LogP contribution < -0.4 is 5.01 Å². The molecule has 0 spiro atoms. The standard InChI is InChI=1S/C18H20N2O5/c1-12-17(2,14(21)20(19-12)13-8-4-3-5-9-13)25-16(24)18(15(22)23)10-6-7-11-18/h3-5,8-9H,6-7,10-11H2,1-2H3,(H,22,23). The van der Waals surface area contributed by atoms with Gasteiger partial charge in [-0.1, -0.05) is 31.0 Å². The summed E-state index contributed by atoms with van der Waals surface area (Å²) in [4.78, 5) is 37.2. The molecule has 0 aromatic heterocycles. The summed E-state index contributed by atoms with van der Waals surface area (Å²) in [5.41, 5.74) is -2.30. The monoisotopic (exact) mass is 344 g/mol. The molecule has 1 amide bonds. The number of hydrogen-bond acceptors (Lipinski definition) is 5. The minimum Gasteiger partial charge on any atom is -0.480 e. The molecule has 1 heterocycles. The second-order valence-corrected chi connectivity index (χ2v) is 6.66. The zero-order valence-corrected chi connectivity index (χ0v) is 14.2. The van der Waals surface area contributed by atoms with Crippen LogP contribution in [0.25, 0.3) is 0 Å². The molecule has 7 nitrogen and oxygen atoms in total. The Balaban J connectivity index is 1.87. The largest absolute Gasteiger partial charge is 0.480 e. The lowest BCUT2D eigenvalue weighted by Gasteiger charge is -2.29. The minimum absolute atomic E-state index is 0.226. The molecule has 1 saturated carbocycles. The average Bonchev–Trinajstić information content (AvgIpc) is 3.17. The zero-order chi connectivity index (χ0) is 18.2. The second kappa shape index (κ2) is 5.98. The first kappa shape index (κ1) is 17.1. The van der Waals surface area contributed by atoms with Gasteiger partial charge in [0, 0.05) is 0 Å². The number of carbonyl (C=O) groups excluding carboxylic acids is 2. The fourth-order valence-electron chi connectivity index (χ4n) is 3.28.